The number of anilines is 1. The van der Waals surface area contributed by atoms with Crippen LogP contribution < -0.4 is 10.2 Å². The van der Waals surface area contributed by atoms with Gasteiger partial charge in [-0.2, -0.15) is 0 Å². The van der Waals surface area contributed by atoms with Crippen molar-refractivity contribution in [1.82, 2.24) is 5.32 Å². The fourth-order valence-corrected chi connectivity index (χ4v) is 3.29. The van der Waals surface area contributed by atoms with Gasteiger partial charge < -0.3 is 10.2 Å². The first-order valence-electron chi connectivity index (χ1n) is 8.81. The van der Waals surface area contributed by atoms with Crippen molar-refractivity contribution < 1.29 is 9.59 Å². The molecular formula is C19H28N2O2. The van der Waals surface area contributed by atoms with E-state index in [-0.39, 0.29) is 23.7 Å². The summed E-state index contributed by atoms with van der Waals surface area (Å²) in [5.74, 6) is 0.488. The van der Waals surface area contributed by atoms with Gasteiger partial charge in [-0.1, -0.05) is 25.1 Å². The van der Waals surface area contributed by atoms with Crippen LogP contribution in [-0.4, -0.2) is 24.9 Å². The van der Waals surface area contributed by atoms with E-state index in [1.165, 1.54) is 0 Å². The molecular weight excluding hydrogens is 288 g/mol. The average Bonchev–Trinajstić information content (AvgIpc) is 2.61. The lowest BCUT2D eigenvalue weighted by Crippen LogP contribution is -2.40. The molecule has 23 heavy (non-hydrogen) atoms. The summed E-state index contributed by atoms with van der Waals surface area (Å²) < 4.78 is 0. The first-order valence-corrected chi connectivity index (χ1v) is 8.81. The number of amides is 2. The largest absolute Gasteiger partial charge is 0.356 e. The van der Waals surface area contributed by atoms with Gasteiger partial charge in [0.2, 0.25) is 11.8 Å². The van der Waals surface area contributed by atoms with Crippen LogP contribution in [0.2, 0.25) is 0 Å². The van der Waals surface area contributed by atoms with Crippen LogP contribution in [0.15, 0.2) is 30.3 Å². The molecule has 0 radical (unpaired) electrons. The first kappa shape index (κ1) is 17.5. The Morgan fingerprint density at radius 3 is 2.22 bits per heavy atom. The zero-order chi connectivity index (χ0) is 16.7. The Balaban J connectivity index is 1.91. The van der Waals surface area contributed by atoms with E-state index in [2.05, 4.69) is 12.2 Å². The summed E-state index contributed by atoms with van der Waals surface area (Å²) in [4.78, 5) is 26.7. The maximum absolute atomic E-state index is 12.8. The van der Waals surface area contributed by atoms with Crippen molar-refractivity contribution >= 4 is 17.5 Å². The predicted octanol–water partition coefficient (Wildman–Crippen LogP) is 3.37. The van der Waals surface area contributed by atoms with Gasteiger partial charge in [0.25, 0.3) is 0 Å². The highest BCUT2D eigenvalue weighted by Crippen LogP contribution is 2.31. The van der Waals surface area contributed by atoms with E-state index in [0.29, 0.717) is 6.54 Å². The Bertz CT molecular complexity index is 507. The normalized spacial score (nSPS) is 20.8. The van der Waals surface area contributed by atoms with E-state index >= 15 is 0 Å². The van der Waals surface area contributed by atoms with Crippen LogP contribution in [0.3, 0.4) is 0 Å². The third-order valence-electron chi connectivity index (χ3n) is 4.65. The van der Waals surface area contributed by atoms with E-state index < -0.39 is 0 Å². The summed E-state index contributed by atoms with van der Waals surface area (Å²) in [5.41, 5.74) is 0.961. The number of carbonyl (C=O) groups excluding carboxylic acids is 2. The standard InChI is InChI=1S/C19H28N2O2/c1-3-14-20-18(22)15-10-12-16(13-11-15)19(23)21(4-2)17-8-6-5-7-9-17/h5-9,15-16H,3-4,10-14H2,1-2H3,(H,20,22). The zero-order valence-corrected chi connectivity index (χ0v) is 14.3. The molecule has 4 heteroatoms. The van der Waals surface area contributed by atoms with Gasteiger partial charge in [0.15, 0.2) is 0 Å². The molecule has 1 fully saturated rings. The van der Waals surface area contributed by atoms with Crippen molar-refractivity contribution in [1.29, 1.82) is 0 Å². The molecule has 0 atom stereocenters. The minimum absolute atomic E-state index is 0.0466. The van der Waals surface area contributed by atoms with Crippen molar-refractivity contribution in [3.63, 3.8) is 0 Å². The van der Waals surface area contributed by atoms with Gasteiger partial charge >= 0.3 is 0 Å². The Morgan fingerprint density at radius 2 is 1.65 bits per heavy atom. The molecule has 2 amide bonds. The molecule has 1 aliphatic carbocycles. The maximum atomic E-state index is 12.8. The number of nitrogens with zero attached hydrogens (tertiary/aromatic N) is 1. The van der Waals surface area contributed by atoms with Crippen molar-refractivity contribution in [3.05, 3.63) is 30.3 Å². The highest BCUT2D eigenvalue weighted by molar-refractivity contribution is 5.95. The molecule has 126 valence electrons. The SMILES string of the molecule is CCCNC(=O)C1CCC(C(=O)N(CC)c2ccccc2)CC1. The third kappa shape index (κ3) is 4.57. The molecule has 1 N–H and O–H groups in total. The van der Waals surface area contributed by atoms with Crippen molar-refractivity contribution in [2.45, 2.75) is 46.0 Å². The van der Waals surface area contributed by atoms with Gasteiger partial charge in [-0.3, -0.25) is 9.59 Å². The van der Waals surface area contributed by atoms with E-state index in [0.717, 1.165) is 44.3 Å². The number of nitrogens with one attached hydrogen (secondary N) is 1. The molecule has 0 heterocycles. The molecule has 1 aromatic carbocycles. The Labute approximate surface area is 139 Å². The molecule has 1 aromatic rings. The fourth-order valence-electron chi connectivity index (χ4n) is 3.29. The number of hydrogen-bond donors (Lipinski definition) is 1. The summed E-state index contributed by atoms with van der Waals surface area (Å²) in [6.45, 7) is 5.49. The molecule has 0 aliphatic heterocycles. The number of hydrogen-bond acceptors (Lipinski definition) is 2. The van der Waals surface area contributed by atoms with Gasteiger partial charge in [0, 0.05) is 30.6 Å². The van der Waals surface area contributed by atoms with Gasteiger partial charge in [-0.15, -0.1) is 0 Å². The monoisotopic (exact) mass is 316 g/mol. The van der Waals surface area contributed by atoms with Crippen LogP contribution in [0.1, 0.15) is 46.0 Å². The second-order valence-corrected chi connectivity index (χ2v) is 6.26. The highest BCUT2D eigenvalue weighted by Gasteiger charge is 2.32. The molecule has 0 unspecified atom stereocenters. The molecule has 1 aliphatic rings. The summed E-state index contributed by atoms with van der Waals surface area (Å²) in [6, 6.07) is 9.83. The maximum Gasteiger partial charge on any atom is 0.230 e. The van der Waals surface area contributed by atoms with Crippen LogP contribution in [0, 0.1) is 11.8 Å². The molecule has 0 spiro atoms. The number of benzene rings is 1. The van der Waals surface area contributed by atoms with Crippen molar-refractivity contribution in [2.24, 2.45) is 11.8 Å². The summed E-state index contributed by atoms with van der Waals surface area (Å²) in [6.07, 6.45) is 4.22. The molecule has 1 saturated carbocycles. The van der Waals surface area contributed by atoms with Crippen molar-refractivity contribution in [2.75, 3.05) is 18.0 Å². The van der Waals surface area contributed by atoms with Gasteiger partial charge in [-0.05, 0) is 51.2 Å². The lowest BCUT2D eigenvalue weighted by Gasteiger charge is -2.31. The number of para-hydroxylation sites is 1. The van der Waals surface area contributed by atoms with Gasteiger partial charge in [0.05, 0.1) is 0 Å². The second-order valence-electron chi connectivity index (χ2n) is 6.26. The van der Waals surface area contributed by atoms with E-state index in [1.807, 2.05) is 42.2 Å². The Hall–Kier alpha value is -1.84. The van der Waals surface area contributed by atoms with Crippen LogP contribution in [0.4, 0.5) is 5.69 Å². The van der Waals surface area contributed by atoms with Crippen molar-refractivity contribution in [3.8, 4) is 0 Å². The zero-order valence-electron chi connectivity index (χ0n) is 14.3. The molecule has 0 bridgehead atoms. The second kappa shape index (κ2) is 8.70. The number of rotatable bonds is 6. The summed E-state index contributed by atoms with van der Waals surface area (Å²) in [5, 5.41) is 2.97. The predicted molar refractivity (Wildman–Crippen MR) is 93.2 cm³/mol. The summed E-state index contributed by atoms with van der Waals surface area (Å²) >= 11 is 0. The van der Waals surface area contributed by atoms with Crippen LogP contribution in [-0.2, 0) is 9.59 Å². The van der Waals surface area contributed by atoms with E-state index in [4.69, 9.17) is 0 Å². The minimum atomic E-state index is 0.0466. The van der Waals surface area contributed by atoms with Crippen LogP contribution in [0.25, 0.3) is 0 Å². The molecule has 0 aromatic heterocycles. The molecule has 4 nitrogen and oxygen atoms in total. The van der Waals surface area contributed by atoms with E-state index in [9.17, 15) is 9.59 Å². The van der Waals surface area contributed by atoms with Crippen LogP contribution >= 0.6 is 0 Å². The smallest absolute Gasteiger partial charge is 0.230 e. The first-order chi connectivity index (χ1) is 11.2. The Kier molecular flexibility index (Phi) is 6.63. The Morgan fingerprint density at radius 1 is 1.04 bits per heavy atom. The molecule has 0 saturated heterocycles. The van der Waals surface area contributed by atoms with Crippen LogP contribution in [0.5, 0.6) is 0 Å². The third-order valence-corrected chi connectivity index (χ3v) is 4.65. The van der Waals surface area contributed by atoms with Gasteiger partial charge in [-0.25, -0.2) is 0 Å². The highest BCUT2D eigenvalue weighted by atomic mass is 16.2. The van der Waals surface area contributed by atoms with E-state index in [1.54, 1.807) is 0 Å². The lowest BCUT2D eigenvalue weighted by atomic mass is 9.81. The van der Waals surface area contributed by atoms with Gasteiger partial charge in [0.1, 0.15) is 0 Å². The minimum Gasteiger partial charge on any atom is -0.356 e. The fraction of sp³-hybridized carbons (Fsp3) is 0.579. The number of carbonyl (C=O) groups is 2. The summed E-state index contributed by atoms with van der Waals surface area (Å²) in [7, 11) is 0. The lowest BCUT2D eigenvalue weighted by molar-refractivity contribution is -0.129. The molecule has 2 rings (SSSR count). The average molecular weight is 316 g/mol. The topological polar surface area (TPSA) is 49.4 Å². The quantitative estimate of drug-likeness (QED) is 0.875.